The maximum atomic E-state index is 12.6. The molecule has 0 unspecified atom stereocenters. The van der Waals surface area contributed by atoms with Crippen LogP contribution in [0.4, 0.5) is 13.2 Å². The molecular weight excluding hydrogens is 379 g/mol. The lowest BCUT2D eigenvalue weighted by atomic mass is 10.1. The molecule has 0 aliphatic rings. The quantitative estimate of drug-likeness (QED) is 0.709. The lowest BCUT2D eigenvalue weighted by Crippen LogP contribution is -2.24. The number of thiophene rings is 1. The molecule has 1 amide bonds. The second-order valence-corrected chi connectivity index (χ2v) is 6.93. The van der Waals surface area contributed by atoms with Gasteiger partial charge in [0.25, 0.3) is 5.91 Å². The summed E-state index contributed by atoms with van der Waals surface area (Å²) in [6.07, 6.45) is -4.80. The smallest absolute Gasteiger partial charge is 0.405 e. The zero-order valence-corrected chi connectivity index (χ0v) is 15.6. The number of nitrogens with one attached hydrogen (secondary N) is 1. The Balaban J connectivity index is 1.83. The van der Waals surface area contributed by atoms with Crippen LogP contribution in [0, 0.1) is 20.8 Å². The number of hydrogen-bond acceptors (Lipinski definition) is 5. The number of halogens is 3. The maximum Gasteiger partial charge on any atom is 0.573 e. The molecule has 142 valence electrons. The van der Waals surface area contributed by atoms with Crippen molar-refractivity contribution >= 4 is 27.5 Å². The third-order valence-electron chi connectivity index (χ3n) is 3.93. The lowest BCUT2D eigenvalue weighted by molar-refractivity contribution is -0.274. The van der Waals surface area contributed by atoms with Gasteiger partial charge in [0, 0.05) is 23.2 Å². The molecule has 9 heteroatoms. The van der Waals surface area contributed by atoms with Crippen LogP contribution < -0.4 is 10.1 Å². The standard InChI is InChI=1S/C18H16F3N3O2S/c1-9-14-10(2)23-11(3)24-17(14)27-15(9)16(25)22-8-12-6-4-5-7-13(12)26-18(19,20)21/h4-7H,8H2,1-3H3,(H,22,25). The summed E-state index contributed by atoms with van der Waals surface area (Å²) in [4.78, 5) is 22.4. The van der Waals surface area contributed by atoms with Gasteiger partial charge in [-0.3, -0.25) is 4.79 Å². The molecule has 3 aromatic rings. The summed E-state index contributed by atoms with van der Waals surface area (Å²) < 4.78 is 41.5. The molecule has 0 spiro atoms. The number of amides is 1. The average Bonchev–Trinajstić information content (AvgIpc) is 2.89. The van der Waals surface area contributed by atoms with Crippen molar-refractivity contribution in [2.75, 3.05) is 0 Å². The van der Waals surface area contributed by atoms with Crippen LogP contribution in [0.15, 0.2) is 24.3 Å². The van der Waals surface area contributed by atoms with Gasteiger partial charge in [-0.1, -0.05) is 18.2 Å². The van der Waals surface area contributed by atoms with Crippen LogP contribution in [0.25, 0.3) is 10.2 Å². The maximum absolute atomic E-state index is 12.6. The van der Waals surface area contributed by atoms with E-state index in [2.05, 4.69) is 20.0 Å². The highest BCUT2D eigenvalue weighted by Gasteiger charge is 2.32. The molecule has 0 aliphatic carbocycles. The van der Waals surface area contributed by atoms with Crippen molar-refractivity contribution in [3.05, 3.63) is 51.8 Å². The van der Waals surface area contributed by atoms with Crippen LogP contribution in [0.5, 0.6) is 5.75 Å². The highest BCUT2D eigenvalue weighted by molar-refractivity contribution is 7.20. The van der Waals surface area contributed by atoms with Gasteiger partial charge in [-0.05, 0) is 32.4 Å². The number of ether oxygens (including phenoxy) is 1. The minimum atomic E-state index is -4.80. The monoisotopic (exact) mass is 395 g/mol. The zero-order chi connectivity index (χ0) is 19.8. The third-order valence-corrected chi connectivity index (χ3v) is 5.11. The molecule has 1 aromatic carbocycles. The number of rotatable bonds is 4. The third kappa shape index (κ3) is 4.19. The van der Waals surface area contributed by atoms with E-state index in [0.29, 0.717) is 15.5 Å². The second kappa shape index (κ2) is 7.15. The van der Waals surface area contributed by atoms with Crippen LogP contribution in [0.2, 0.25) is 0 Å². The molecule has 1 N–H and O–H groups in total. The molecule has 2 heterocycles. The van der Waals surface area contributed by atoms with E-state index in [1.807, 2.05) is 6.92 Å². The highest BCUT2D eigenvalue weighted by Crippen LogP contribution is 2.31. The summed E-state index contributed by atoms with van der Waals surface area (Å²) in [5, 5.41) is 3.48. The minimum absolute atomic E-state index is 0.0948. The van der Waals surface area contributed by atoms with Gasteiger partial charge < -0.3 is 10.1 Å². The number of fused-ring (bicyclic) bond motifs is 1. The number of alkyl halides is 3. The second-order valence-electron chi connectivity index (χ2n) is 5.93. The Labute approximate surface area is 157 Å². The number of carbonyl (C=O) groups is 1. The Kier molecular flexibility index (Phi) is 5.05. The number of benzene rings is 1. The number of para-hydroxylation sites is 1. The largest absolute Gasteiger partial charge is 0.573 e. The van der Waals surface area contributed by atoms with Gasteiger partial charge >= 0.3 is 6.36 Å². The molecule has 3 rings (SSSR count). The molecule has 0 bridgehead atoms. The first-order valence-corrected chi connectivity index (χ1v) is 8.83. The summed E-state index contributed by atoms with van der Waals surface area (Å²) in [6, 6.07) is 5.70. The summed E-state index contributed by atoms with van der Waals surface area (Å²) in [7, 11) is 0. The highest BCUT2D eigenvalue weighted by atomic mass is 32.1. The molecular formula is C18H16F3N3O2S. The number of aryl methyl sites for hydroxylation is 3. The van der Waals surface area contributed by atoms with E-state index in [0.717, 1.165) is 16.6 Å². The summed E-state index contributed by atoms with van der Waals surface area (Å²) in [5.74, 6) is -0.100. The Hall–Kier alpha value is -2.68. The van der Waals surface area contributed by atoms with Gasteiger partial charge in [0.1, 0.15) is 16.4 Å². The Morgan fingerprint density at radius 1 is 1.19 bits per heavy atom. The summed E-state index contributed by atoms with van der Waals surface area (Å²) >= 11 is 1.24. The van der Waals surface area contributed by atoms with Gasteiger partial charge in [0.05, 0.1) is 4.88 Å². The summed E-state index contributed by atoms with van der Waals surface area (Å²) in [6.45, 7) is 5.34. The fraction of sp³-hybridized carbons (Fsp3) is 0.278. The average molecular weight is 395 g/mol. The lowest BCUT2D eigenvalue weighted by Gasteiger charge is -2.13. The van der Waals surface area contributed by atoms with Crippen molar-refractivity contribution in [1.29, 1.82) is 0 Å². The van der Waals surface area contributed by atoms with E-state index in [9.17, 15) is 18.0 Å². The van der Waals surface area contributed by atoms with Gasteiger partial charge in [-0.2, -0.15) is 0 Å². The normalized spacial score (nSPS) is 11.6. The first-order valence-electron chi connectivity index (χ1n) is 8.02. The molecule has 0 saturated heterocycles. The van der Waals surface area contributed by atoms with Crippen LogP contribution in [0.3, 0.4) is 0 Å². The van der Waals surface area contributed by atoms with Crippen molar-refractivity contribution in [3.8, 4) is 5.75 Å². The van der Waals surface area contributed by atoms with E-state index in [1.165, 1.54) is 29.5 Å². The van der Waals surface area contributed by atoms with Crippen LogP contribution >= 0.6 is 11.3 Å². The minimum Gasteiger partial charge on any atom is -0.405 e. The molecule has 27 heavy (non-hydrogen) atoms. The van der Waals surface area contributed by atoms with Crippen molar-refractivity contribution in [3.63, 3.8) is 0 Å². The van der Waals surface area contributed by atoms with Crippen molar-refractivity contribution in [2.24, 2.45) is 0 Å². The first-order chi connectivity index (χ1) is 12.7. The van der Waals surface area contributed by atoms with Gasteiger partial charge in [-0.15, -0.1) is 24.5 Å². The Morgan fingerprint density at radius 2 is 1.89 bits per heavy atom. The van der Waals surface area contributed by atoms with Crippen molar-refractivity contribution in [1.82, 2.24) is 15.3 Å². The first kappa shape index (κ1) is 19.1. The Bertz CT molecular complexity index is 1010. The Morgan fingerprint density at radius 3 is 2.59 bits per heavy atom. The molecule has 0 radical (unpaired) electrons. The van der Waals surface area contributed by atoms with E-state index >= 15 is 0 Å². The fourth-order valence-electron chi connectivity index (χ4n) is 2.82. The zero-order valence-electron chi connectivity index (χ0n) is 14.8. The number of aromatic nitrogens is 2. The van der Waals surface area contributed by atoms with E-state index in [1.54, 1.807) is 19.9 Å². The molecule has 5 nitrogen and oxygen atoms in total. The number of hydrogen-bond donors (Lipinski definition) is 1. The van der Waals surface area contributed by atoms with E-state index < -0.39 is 6.36 Å². The fourth-order valence-corrected chi connectivity index (χ4v) is 4.01. The van der Waals surface area contributed by atoms with Gasteiger partial charge in [0.2, 0.25) is 0 Å². The SMILES string of the molecule is Cc1nc(C)c2c(C)c(C(=O)NCc3ccccc3OC(F)(F)F)sc2n1. The number of nitrogens with zero attached hydrogens (tertiary/aromatic N) is 2. The van der Waals surface area contributed by atoms with Gasteiger partial charge in [-0.25, -0.2) is 9.97 Å². The van der Waals surface area contributed by atoms with Crippen LogP contribution in [0.1, 0.15) is 32.3 Å². The molecule has 0 fully saturated rings. The number of carbonyl (C=O) groups excluding carboxylic acids is 1. The van der Waals surface area contributed by atoms with E-state index in [4.69, 9.17) is 0 Å². The molecule has 0 atom stereocenters. The van der Waals surface area contributed by atoms with Gasteiger partial charge in [0.15, 0.2) is 0 Å². The summed E-state index contributed by atoms with van der Waals surface area (Å²) in [5.41, 5.74) is 1.77. The predicted octanol–water partition coefficient (Wildman–Crippen LogP) is 4.45. The molecule has 2 aromatic heterocycles. The van der Waals surface area contributed by atoms with Crippen LogP contribution in [-0.2, 0) is 6.54 Å². The molecule has 0 saturated carbocycles. The topological polar surface area (TPSA) is 64.1 Å². The van der Waals surface area contributed by atoms with Crippen LogP contribution in [-0.4, -0.2) is 22.2 Å². The van der Waals surface area contributed by atoms with E-state index in [-0.39, 0.29) is 23.8 Å². The predicted molar refractivity (Wildman–Crippen MR) is 95.9 cm³/mol. The van der Waals surface area contributed by atoms with Crippen molar-refractivity contribution < 1.29 is 22.7 Å². The van der Waals surface area contributed by atoms with Crippen molar-refractivity contribution in [2.45, 2.75) is 33.7 Å². The molecule has 0 aliphatic heterocycles.